The van der Waals surface area contributed by atoms with Crippen molar-refractivity contribution in [3.63, 3.8) is 0 Å². The number of aromatic nitrogens is 2. The average molecular weight is 254 g/mol. The first-order chi connectivity index (χ1) is 5.38. The Kier molecular flexibility index (Phi) is 2.43. The maximum absolute atomic E-state index is 10.7. The largest absolute Gasteiger partial charge is 0.266 e. The maximum atomic E-state index is 10.7. The van der Waals surface area contributed by atoms with Gasteiger partial charge in [-0.1, -0.05) is 0 Å². The molecule has 5 nitrogen and oxygen atoms in total. The van der Waals surface area contributed by atoms with E-state index in [1.807, 2.05) is 0 Å². The quantitative estimate of drug-likeness (QED) is 0.838. The van der Waals surface area contributed by atoms with E-state index < -0.39 is 10.0 Å². The monoisotopic (exact) mass is 253 g/mol. The van der Waals surface area contributed by atoms with Crippen LogP contribution in [0.4, 0.5) is 5.82 Å². The van der Waals surface area contributed by atoms with Crippen molar-refractivity contribution < 1.29 is 8.42 Å². The number of rotatable bonds is 2. The van der Waals surface area contributed by atoms with E-state index in [1.165, 1.54) is 4.68 Å². The van der Waals surface area contributed by atoms with Gasteiger partial charge >= 0.3 is 0 Å². The molecule has 1 rings (SSSR count). The van der Waals surface area contributed by atoms with Crippen molar-refractivity contribution in [2.75, 3.05) is 11.0 Å². The third-order valence-corrected chi connectivity index (χ3v) is 2.43. The molecular formula is C5H8BrN3O2S. The first-order valence-corrected chi connectivity index (χ1v) is 5.74. The van der Waals surface area contributed by atoms with Crippen LogP contribution < -0.4 is 4.72 Å². The molecule has 0 unspecified atom stereocenters. The van der Waals surface area contributed by atoms with E-state index in [0.29, 0.717) is 10.4 Å². The Morgan fingerprint density at radius 3 is 2.58 bits per heavy atom. The number of hydrogen-bond donors (Lipinski definition) is 1. The van der Waals surface area contributed by atoms with Crippen LogP contribution in [0.2, 0.25) is 0 Å². The molecule has 0 radical (unpaired) electrons. The molecule has 1 heterocycles. The lowest BCUT2D eigenvalue weighted by Gasteiger charge is -1.96. The summed E-state index contributed by atoms with van der Waals surface area (Å²) < 4.78 is 26.0. The molecule has 0 atom stereocenters. The van der Waals surface area contributed by atoms with E-state index in [1.54, 1.807) is 13.1 Å². The average Bonchev–Trinajstić information content (AvgIpc) is 2.07. The highest BCUT2D eigenvalue weighted by atomic mass is 79.9. The van der Waals surface area contributed by atoms with Crippen LogP contribution in [-0.4, -0.2) is 24.5 Å². The maximum Gasteiger partial charge on any atom is 0.231 e. The molecule has 0 saturated heterocycles. The summed E-state index contributed by atoms with van der Waals surface area (Å²) in [6.07, 6.45) is 1.08. The normalized spacial score (nSPS) is 11.6. The van der Waals surface area contributed by atoms with Crippen molar-refractivity contribution in [3.8, 4) is 0 Å². The number of anilines is 1. The topological polar surface area (TPSA) is 64.0 Å². The standard InChI is InChI=1S/C5H8BrN3O2S/c1-9-4(6)3-5(7-9)8-12(2,10)11/h3H,1-2H3,(H,7,8). The van der Waals surface area contributed by atoms with Gasteiger partial charge in [0.25, 0.3) is 0 Å². The molecule has 0 aliphatic heterocycles. The summed E-state index contributed by atoms with van der Waals surface area (Å²) in [5.41, 5.74) is 0. The van der Waals surface area contributed by atoms with Gasteiger partial charge in [-0.15, -0.1) is 0 Å². The molecule has 0 amide bonds. The van der Waals surface area contributed by atoms with Crippen LogP contribution in [0.15, 0.2) is 10.7 Å². The molecule has 0 aliphatic rings. The van der Waals surface area contributed by atoms with Crippen molar-refractivity contribution >= 4 is 31.8 Å². The van der Waals surface area contributed by atoms with Gasteiger partial charge in [-0.3, -0.25) is 9.40 Å². The highest BCUT2D eigenvalue weighted by molar-refractivity contribution is 9.10. The molecule has 7 heteroatoms. The molecule has 1 aromatic heterocycles. The summed E-state index contributed by atoms with van der Waals surface area (Å²) in [5.74, 6) is 0.312. The van der Waals surface area contributed by atoms with Gasteiger partial charge in [-0.05, 0) is 15.9 Å². The van der Waals surface area contributed by atoms with E-state index in [-0.39, 0.29) is 0 Å². The summed E-state index contributed by atoms with van der Waals surface area (Å²) in [6, 6.07) is 1.58. The van der Waals surface area contributed by atoms with Crippen molar-refractivity contribution in [1.82, 2.24) is 9.78 Å². The number of hydrogen-bond acceptors (Lipinski definition) is 3. The highest BCUT2D eigenvalue weighted by Gasteiger charge is 2.06. The van der Waals surface area contributed by atoms with Crippen molar-refractivity contribution in [2.45, 2.75) is 0 Å². The number of nitrogens with one attached hydrogen (secondary N) is 1. The number of aryl methyl sites for hydroxylation is 1. The molecule has 12 heavy (non-hydrogen) atoms. The molecule has 0 saturated carbocycles. The fourth-order valence-corrected chi connectivity index (χ4v) is 1.46. The molecule has 0 bridgehead atoms. The number of nitrogens with zero attached hydrogens (tertiary/aromatic N) is 2. The van der Waals surface area contributed by atoms with Crippen molar-refractivity contribution in [2.24, 2.45) is 7.05 Å². The van der Waals surface area contributed by atoms with Gasteiger partial charge in [-0.25, -0.2) is 8.42 Å². The lowest BCUT2D eigenvalue weighted by Crippen LogP contribution is -2.10. The van der Waals surface area contributed by atoms with Gasteiger partial charge in [0.2, 0.25) is 10.0 Å². The van der Waals surface area contributed by atoms with Crippen LogP contribution in [-0.2, 0) is 17.1 Å². The Balaban J connectivity index is 2.92. The minimum absolute atomic E-state index is 0.312. The fraction of sp³-hybridized carbons (Fsp3) is 0.400. The van der Waals surface area contributed by atoms with Crippen LogP contribution in [0.1, 0.15) is 0 Å². The van der Waals surface area contributed by atoms with Crippen molar-refractivity contribution in [1.29, 1.82) is 0 Å². The summed E-state index contributed by atoms with van der Waals surface area (Å²) >= 11 is 3.19. The smallest absolute Gasteiger partial charge is 0.231 e. The summed E-state index contributed by atoms with van der Waals surface area (Å²) in [4.78, 5) is 0. The fourth-order valence-electron chi connectivity index (χ4n) is 0.684. The Morgan fingerprint density at radius 1 is 1.67 bits per heavy atom. The summed E-state index contributed by atoms with van der Waals surface area (Å²) in [7, 11) is -1.52. The van der Waals surface area contributed by atoms with Crippen LogP contribution in [0.5, 0.6) is 0 Å². The van der Waals surface area contributed by atoms with Gasteiger partial charge in [0, 0.05) is 13.1 Å². The molecule has 1 N–H and O–H groups in total. The molecule has 68 valence electrons. The van der Waals surface area contributed by atoms with Gasteiger partial charge in [-0.2, -0.15) is 5.10 Å². The molecule has 0 fully saturated rings. The predicted molar refractivity (Wildman–Crippen MR) is 49.4 cm³/mol. The zero-order chi connectivity index (χ0) is 9.35. The Labute approximate surface area is 78.9 Å². The van der Waals surface area contributed by atoms with Gasteiger partial charge < -0.3 is 0 Å². The second-order valence-electron chi connectivity index (χ2n) is 2.35. The summed E-state index contributed by atoms with van der Waals surface area (Å²) in [5, 5.41) is 3.88. The summed E-state index contributed by atoms with van der Waals surface area (Å²) in [6.45, 7) is 0. The lowest BCUT2D eigenvalue weighted by molar-refractivity contribution is 0.606. The first-order valence-electron chi connectivity index (χ1n) is 3.06. The Morgan fingerprint density at radius 2 is 2.25 bits per heavy atom. The molecule has 1 aromatic rings. The van der Waals surface area contributed by atoms with E-state index in [9.17, 15) is 8.42 Å². The minimum atomic E-state index is -3.23. The van der Waals surface area contributed by atoms with Crippen LogP contribution in [0.25, 0.3) is 0 Å². The Bertz CT molecular complexity index is 364. The molecule has 0 aliphatic carbocycles. The molecular weight excluding hydrogens is 246 g/mol. The second-order valence-corrected chi connectivity index (χ2v) is 4.91. The Hall–Kier alpha value is -0.560. The predicted octanol–water partition coefficient (Wildman–Crippen LogP) is 0.554. The van der Waals surface area contributed by atoms with Gasteiger partial charge in [0.05, 0.1) is 6.26 Å². The first kappa shape index (κ1) is 9.53. The third-order valence-electron chi connectivity index (χ3n) is 1.11. The zero-order valence-electron chi connectivity index (χ0n) is 6.57. The third kappa shape index (κ3) is 2.49. The van der Waals surface area contributed by atoms with Crippen LogP contribution >= 0.6 is 15.9 Å². The zero-order valence-corrected chi connectivity index (χ0v) is 8.98. The minimum Gasteiger partial charge on any atom is -0.266 e. The lowest BCUT2D eigenvalue weighted by atomic mass is 10.7. The highest BCUT2D eigenvalue weighted by Crippen LogP contribution is 2.14. The SMILES string of the molecule is Cn1nc(NS(C)(=O)=O)cc1Br. The number of halogens is 1. The van der Waals surface area contributed by atoms with Crippen LogP contribution in [0.3, 0.4) is 0 Å². The van der Waals surface area contributed by atoms with E-state index in [4.69, 9.17) is 0 Å². The van der Waals surface area contributed by atoms with E-state index in [0.717, 1.165) is 6.26 Å². The molecule has 0 aromatic carbocycles. The van der Waals surface area contributed by atoms with E-state index in [2.05, 4.69) is 25.8 Å². The van der Waals surface area contributed by atoms with Gasteiger partial charge in [0.15, 0.2) is 5.82 Å². The van der Waals surface area contributed by atoms with E-state index >= 15 is 0 Å². The van der Waals surface area contributed by atoms with Crippen LogP contribution in [0, 0.1) is 0 Å². The van der Waals surface area contributed by atoms with Crippen molar-refractivity contribution in [3.05, 3.63) is 10.7 Å². The second kappa shape index (κ2) is 3.06. The van der Waals surface area contributed by atoms with Gasteiger partial charge in [0.1, 0.15) is 4.60 Å². The molecule has 0 spiro atoms. The number of sulfonamides is 1.